The third kappa shape index (κ3) is 2.77. The maximum Gasteiger partial charge on any atom is 0.201 e. The number of rotatable bonds is 3. The van der Waals surface area contributed by atoms with Crippen molar-refractivity contribution >= 4 is 17.0 Å². The number of aliphatic hydroxyl groups is 1. The molecule has 1 unspecified atom stereocenters. The van der Waals surface area contributed by atoms with Crippen molar-refractivity contribution in [3.05, 3.63) is 46.8 Å². The number of nitrogens with two attached hydrogens (primary N) is 1. The molecule has 1 saturated heterocycles. The number of benzene rings is 1. The van der Waals surface area contributed by atoms with Gasteiger partial charge in [-0.15, -0.1) is 0 Å². The molecule has 5 rings (SSSR count). The summed E-state index contributed by atoms with van der Waals surface area (Å²) in [4.78, 5) is 11.4. The average molecular weight is 389 g/mol. The number of hydrogen-bond acceptors (Lipinski definition) is 7. The number of piperidine rings is 1. The van der Waals surface area contributed by atoms with Crippen LogP contribution in [0.2, 0.25) is 0 Å². The lowest BCUT2D eigenvalue weighted by Gasteiger charge is -2.42. The van der Waals surface area contributed by atoms with Gasteiger partial charge in [-0.25, -0.2) is 9.97 Å². The van der Waals surface area contributed by atoms with Gasteiger partial charge in [0.25, 0.3) is 0 Å². The molecule has 148 valence electrons. The van der Waals surface area contributed by atoms with Crippen LogP contribution in [0.3, 0.4) is 0 Å². The zero-order chi connectivity index (χ0) is 20.0. The Hall–Kier alpha value is -3.02. The Balaban J connectivity index is 1.41. The smallest absolute Gasteiger partial charge is 0.201 e. The van der Waals surface area contributed by atoms with Crippen LogP contribution in [0, 0.1) is 16.7 Å². The van der Waals surface area contributed by atoms with Crippen LogP contribution < -0.4 is 10.6 Å². The summed E-state index contributed by atoms with van der Waals surface area (Å²) in [7, 11) is 0. The van der Waals surface area contributed by atoms with Gasteiger partial charge in [0.1, 0.15) is 11.2 Å². The molecule has 29 heavy (non-hydrogen) atoms. The van der Waals surface area contributed by atoms with Crippen LogP contribution in [-0.2, 0) is 19.4 Å². The van der Waals surface area contributed by atoms with E-state index < -0.39 is 0 Å². The molecule has 0 radical (unpaired) electrons. The van der Waals surface area contributed by atoms with E-state index in [0.29, 0.717) is 28.4 Å². The molecule has 0 amide bonds. The predicted molar refractivity (Wildman–Crippen MR) is 108 cm³/mol. The molecule has 1 aromatic carbocycles. The van der Waals surface area contributed by atoms with Crippen LogP contribution in [0.15, 0.2) is 24.3 Å². The topological polar surface area (TPSA) is 128 Å². The summed E-state index contributed by atoms with van der Waals surface area (Å²) in [6.45, 7) is 1.41. The van der Waals surface area contributed by atoms with Gasteiger partial charge in [0, 0.05) is 19.1 Å². The Kier molecular flexibility index (Phi) is 4.23. The minimum atomic E-state index is -0.206. The van der Waals surface area contributed by atoms with E-state index in [9.17, 15) is 5.11 Å². The third-order valence-electron chi connectivity index (χ3n) is 6.57. The van der Waals surface area contributed by atoms with Crippen LogP contribution >= 0.6 is 0 Å². The highest BCUT2D eigenvalue weighted by atomic mass is 16.3. The molecule has 8 heteroatoms. The first-order valence-electron chi connectivity index (χ1n) is 9.95. The molecule has 3 heterocycles. The molecule has 2 aliphatic rings. The molecular formula is C21H23N7O. The highest BCUT2D eigenvalue weighted by Gasteiger charge is 2.46. The first kappa shape index (κ1) is 18.0. The van der Waals surface area contributed by atoms with E-state index in [1.54, 1.807) is 0 Å². The number of H-pyrrole nitrogens is 1. The van der Waals surface area contributed by atoms with Gasteiger partial charge in [-0.1, -0.05) is 24.3 Å². The van der Waals surface area contributed by atoms with Crippen LogP contribution in [-0.4, -0.2) is 38.4 Å². The molecule has 0 saturated carbocycles. The Morgan fingerprint density at radius 2 is 2.07 bits per heavy atom. The van der Waals surface area contributed by atoms with E-state index in [-0.39, 0.29) is 24.5 Å². The standard InChI is InChI=1S/C21H23N7O/c22-8-5-15-17-19(27-26-15)25-20(16(12-29)24-17)28-9-6-21(7-10-28)11-13-3-1-2-4-14(13)18(21)23/h1-4,18,29H,5-7,9-12,23H2,(H,25,26,27). The van der Waals surface area contributed by atoms with Gasteiger partial charge in [0.2, 0.25) is 5.65 Å². The quantitative estimate of drug-likeness (QED) is 0.622. The second-order valence-corrected chi connectivity index (χ2v) is 8.06. The van der Waals surface area contributed by atoms with Crippen LogP contribution in [0.4, 0.5) is 5.82 Å². The largest absolute Gasteiger partial charge is 0.390 e. The van der Waals surface area contributed by atoms with Crippen molar-refractivity contribution in [2.45, 2.75) is 38.3 Å². The molecule has 1 atom stereocenters. The Morgan fingerprint density at radius 1 is 1.28 bits per heavy atom. The Bertz CT molecular complexity index is 1110. The second kappa shape index (κ2) is 6.79. The van der Waals surface area contributed by atoms with Crippen molar-refractivity contribution in [3.63, 3.8) is 0 Å². The molecule has 1 fully saturated rings. The summed E-state index contributed by atoms with van der Waals surface area (Å²) in [5.74, 6) is 0.675. The molecule has 1 aliphatic heterocycles. The lowest BCUT2D eigenvalue weighted by atomic mass is 9.73. The maximum atomic E-state index is 9.89. The normalized spacial score (nSPS) is 20.2. The van der Waals surface area contributed by atoms with Crippen molar-refractivity contribution in [2.75, 3.05) is 18.0 Å². The molecule has 0 bridgehead atoms. The number of nitrogens with one attached hydrogen (secondary N) is 1. The van der Waals surface area contributed by atoms with Crippen molar-refractivity contribution in [1.82, 2.24) is 20.2 Å². The summed E-state index contributed by atoms with van der Waals surface area (Å²) in [5, 5.41) is 25.9. The highest BCUT2D eigenvalue weighted by molar-refractivity contribution is 5.75. The fourth-order valence-corrected chi connectivity index (χ4v) is 4.94. The number of nitrogens with zero attached hydrogens (tertiary/aromatic N) is 5. The SMILES string of the molecule is N#CCc1[nH]nc2nc(N3CCC4(CC3)Cc3ccccc3C4N)c(CO)nc12. The molecule has 4 N–H and O–H groups in total. The van der Waals surface area contributed by atoms with Gasteiger partial charge in [-0.3, -0.25) is 5.10 Å². The monoisotopic (exact) mass is 389 g/mol. The van der Waals surface area contributed by atoms with Crippen molar-refractivity contribution in [1.29, 1.82) is 5.26 Å². The summed E-state index contributed by atoms with van der Waals surface area (Å²) < 4.78 is 0. The summed E-state index contributed by atoms with van der Waals surface area (Å²) in [5.41, 5.74) is 11.6. The minimum Gasteiger partial charge on any atom is -0.390 e. The lowest BCUT2D eigenvalue weighted by molar-refractivity contribution is 0.187. The van der Waals surface area contributed by atoms with Gasteiger partial charge in [0.15, 0.2) is 5.82 Å². The van der Waals surface area contributed by atoms with E-state index in [0.717, 1.165) is 32.4 Å². The second-order valence-electron chi connectivity index (χ2n) is 8.06. The summed E-state index contributed by atoms with van der Waals surface area (Å²) in [6.07, 6.45) is 3.13. The molecule has 3 aromatic rings. The zero-order valence-corrected chi connectivity index (χ0v) is 16.1. The van der Waals surface area contributed by atoms with E-state index in [1.165, 1.54) is 11.1 Å². The number of aromatic nitrogens is 4. The highest BCUT2D eigenvalue weighted by Crippen LogP contribution is 2.51. The van der Waals surface area contributed by atoms with Crippen LogP contribution in [0.1, 0.15) is 41.4 Å². The van der Waals surface area contributed by atoms with Crippen LogP contribution in [0.5, 0.6) is 0 Å². The molecule has 1 aliphatic carbocycles. The Labute approximate surface area is 168 Å². The number of aliphatic hydroxyl groups excluding tert-OH is 1. The third-order valence-corrected chi connectivity index (χ3v) is 6.57. The zero-order valence-electron chi connectivity index (χ0n) is 16.1. The average Bonchev–Trinajstić information content (AvgIpc) is 3.27. The number of fused-ring (bicyclic) bond motifs is 2. The minimum absolute atomic E-state index is 0.0617. The van der Waals surface area contributed by atoms with Crippen LogP contribution in [0.25, 0.3) is 11.2 Å². The van der Waals surface area contributed by atoms with Crippen molar-refractivity contribution in [3.8, 4) is 6.07 Å². The number of aromatic amines is 1. The number of nitriles is 1. The van der Waals surface area contributed by atoms with Gasteiger partial charge >= 0.3 is 0 Å². The fraction of sp³-hybridized carbons (Fsp3) is 0.429. The maximum absolute atomic E-state index is 9.89. The number of hydrogen-bond donors (Lipinski definition) is 3. The van der Waals surface area contributed by atoms with Crippen molar-refractivity contribution < 1.29 is 5.11 Å². The van der Waals surface area contributed by atoms with E-state index in [4.69, 9.17) is 11.0 Å². The lowest BCUT2D eigenvalue weighted by Crippen LogP contribution is -2.45. The molecule has 1 spiro atoms. The van der Waals surface area contributed by atoms with Gasteiger partial charge in [-0.05, 0) is 35.8 Å². The van der Waals surface area contributed by atoms with E-state index >= 15 is 0 Å². The summed E-state index contributed by atoms with van der Waals surface area (Å²) in [6, 6.07) is 10.7. The van der Waals surface area contributed by atoms with Crippen molar-refractivity contribution in [2.24, 2.45) is 11.1 Å². The molecular weight excluding hydrogens is 366 g/mol. The first-order valence-corrected chi connectivity index (χ1v) is 9.95. The van der Waals surface area contributed by atoms with E-state index in [1.807, 2.05) is 0 Å². The fourth-order valence-electron chi connectivity index (χ4n) is 4.94. The van der Waals surface area contributed by atoms with Gasteiger partial charge in [0.05, 0.1) is 24.8 Å². The van der Waals surface area contributed by atoms with Gasteiger partial charge < -0.3 is 15.7 Å². The summed E-state index contributed by atoms with van der Waals surface area (Å²) >= 11 is 0. The number of anilines is 1. The Morgan fingerprint density at radius 3 is 2.79 bits per heavy atom. The van der Waals surface area contributed by atoms with Gasteiger partial charge in [-0.2, -0.15) is 10.4 Å². The predicted octanol–water partition coefficient (Wildman–Crippen LogP) is 1.75. The first-order chi connectivity index (χ1) is 14.1. The molecule has 2 aromatic heterocycles. The molecule has 8 nitrogen and oxygen atoms in total. The van der Waals surface area contributed by atoms with E-state index in [2.05, 4.69) is 55.4 Å².